The van der Waals surface area contributed by atoms with E-state index in [2.05, 4.69) is 4.42 Å². The fraction of sp³-hybridized carbons (Fsp3) is 0.0833. The van der Waals surface area contributed by atoms with Crippen LogP contribution in [-0.2, 0) is 9.84 Å². The summed E-state index contributed by atoms with van der Waals surface area (Å²) in [6.45, 7) is 1.68. The normalized spacial score (nSPS) is 11.4. The van der Waals surface area contributed by atoms with Crippen LogP contribution in [0.4, 0.5) is 0 Å². The molecule has 0 saturated heterocycles. The van der Waals surface area contributed by atoms with E-state index in [1.54, 1.807) is 25.1 Å². The van der Waals surface area contributed by atoms with Gasteiger partial charge in [0.25, 0.3) is 0 Å². The molecule has 5 heteroatoms. The number of sulfone groups is 1. The molecule has 0 spiro atoms. The van der Waals surface area contributed by atoms with Crippen LogP contribution in [0.15, 0.2) is 61.7 Å². The molecular weight excluding hydrogens is 240 g/mol. The van der Waals surface area contributed by atoms with Crippen LogP contribution in [0.25, 0.3) is 0 Å². The smallest absolute Gasteiger partial charge is 0.354 e. The van der Waals surface area contributed by atoms with Gasteiger partial charge in [0.2, 0.25) is 9.84 Å². The van der Waals surface area contributed by atoms with Gasteiger partial charge in [0, 0.05) is 0 Å². The molecule has 88 valence electrons. The lowest BCUT2D eigenvalue weighted by Crippen LogP contribution is -2.14. The third-order valence-corrected chi connectivity index (χ3v) is 4.29. The van der Waals surface area contributed by atoms with E-state index in [4.69, 9.17) is 0 Å². The van der Waals surface area contributed by atoms with Gasteiger partial charge in [0.15, 0.2) is 4.90 Å². The van der Waals surface area contributed by atoms with E-state index in [-0.39, 0.29) is 9.79 Å². The fourth-order valence-corrected chi connectivity index (χ4v) is 3.04. The Morgan fingerprint density at radius 2 is 1.65 bits per heavy atom. The van der Waals surface area contributed by atoms with E-state index in [0.29, 0.717) is 5.56 Å². The molecular formula is C12H10O4S. The molecule has 0 unspecified atom stereocenters. The Morgan fingerprint density at radius 1 is 1.00 bits per heavy atom. The Labute approximate surface area is 98.4 Å². The van der Waals surface area contributed by atoms with Crippen LogP contribution in [0.5, 0.6) is 0 Å². The van der Waals surface area contributed by atoms with Crippen molar-refractivity contribution in [2.75, 3.05) is 0 Å². The highest BCUT2D eigenvalue weighted by Gasteiger charge is 2.23. The molecule has 0 saturated carbocycles. The fourth-order valence-electron chi connectivity index (χ4n) is 1.53. The summed E-state index contributed by atoms with van der Waals surface area (Å²) in [6.07, 6.45) is 1.15. The van der Waals surface area contributed by atoms with Crippen molar-refractivity contribution in [1.29, 1.82) is 0 Å². The van der Waals surface area contributed by atoms with Crippen LogP contribution < -0.4 is 5.63 Å². The van der Waals surface area contributed by atoms with Crippen molar-refractivity contribution >= 4 is 9.84 Å². The predicted octanol–water partition coefficient (Wildman–Crippen LogP) is 1.78. The van der Waals surface area contributed by atoms with E-state index >= 15 is 0 Å². The Kier molecular flexibility index (Phi) is 2.85. The van der Waals surface area contributed by atoms with Gasteiger partial charge in [-0.15, -0.1) is 0 Å². The number of aryl methyl sites for hydroxylation is 1. The van der Waals surface area contributed by atoms with E-state index in [0.717, 1.165) is 6.26 Å². The van der Waals surface area contributed by atoms with E-state index in [9.17, 15) is 13.2 Å². The van der Waals surface area contributed by atoms with Gasteiger partial charge in [-0.05, 0) is 30.7 Å². The number of rotatable bonds is 2. The van der Waals surface area contributed by atoms with Crippen molar-refractivity contribution in [2.45, 2.75) is 16.7 Å². The molecule has 0 aliphatic carbocycles. The zero-order valence-corrected chi connectivity index (χ0v) is 9.90. The Hall–Kier alpha value is -1.88. The monoisotopic (exact) mass is 250 g/mol. The number of hydrogen-bond acceptors (Lipinski definition) is 4. The molecule has 2 aromatic rings. The third-order valence-electron chi connectivity index (χ3n) is 2.38. The summed E-state index contributed by atoms with van der Waals surface area (Å²) >= 11 is 0. The standard InChI is InChI=1S/C12H10O4S/c1-9-5-2-3-6-10(9)17(14,15)11-7-4-8-16-12(11)13/h2-8H,1H3. The summed E-state index contributed by atoms with van der Waals surface area (Å²) in [5.41, 5.74) is -0.258. The molecule has 4 nitrogen and oxygen atoms in total. The highest BCUT2D eigenvalue weighted by atomic mass is 32.2. The Morgan fingerprint density at radius 3 is 2.29 bits per heavy atom. The Balaban J connectivity index is 2.72. The van der Waals surface area contributed by atoms with Gasteiger partial charge in [-0.1, -0.05) is 18.2 Å². The molecule has 0 aliphatic heterocycles. The summed E-state index contributed by atoms with van der Waals surface area (Å²) in [5, 5.41) is 0. The predicted molar refractivity (Wildman–Crippen MR) is 61.6 cm³/mol. The van der Waals surface area contributed by atoms with E-state index in [1.807, 2.05) is 0 Å². The largest absolute Gasteiger partial charge is 0.430 e. The molecule has 1 aromatic heterocycles. The van der Waals surface area contributed by atoms with Gasteiger partial charge in [-0.25, -0.2) is 13.2 Å². The van der Waals surface area contributed by atoms with Crippen LogP contribution in [0.3, 0.4) is 0 Å². The van der Waals surface area contributed by atoms with Crippen molar-refractivity contribution in [1.82, 2.24) is 0 Å². The van der Waals surface area contributed by atoms with Crippen molar-refractivity contribution in [2.24, 2.45) is 0 Å². The Bertz CT molecular complexity index is 698. The van der Waals surface area contributed by atoms with E-state index < -0.39 is 15.5 Å². The molecule has 17 heavy (non-hydrogen) atoms. The molecule has 0 N–H and O–H groups in total. The van der Waals surface area contributed by atoms with Crippen LogP contribution in [0.1, 0.15) is 5.56 Å². The van der Waals surface area contributed by atoms with E-state index in [1.165, 1.54) is 18.2 Å². The molecule has 0 atom stereocenters. The van der Waals surface area contributed by atoms with Gasteiger partial charge in [-0.3, -0.25) is 0 Å². The first-order valence-electron chi connectivity index (χ1n) is 4.92. The summed E-state index contributed by atoms with van der Waals surface area (Å²) in [6, 6.07) is 9.13. The molecule has 0 bridgehead atoms. The van der Waals surface area contributed by atoms with Crippen LogP contribution in [0.2, 0.25) is 0 Å². The van der Waals surface area contributed by atoms with Crippen LogP contribution in [-0.4, -0.2) is 8.42 Å². The van der Waals surface area contributed by atoms with Gasteiger partial charge in [-0.2, -0.15) is 0 Å². The van der Waals surface area contributed by atoms with Crippen molar-refractivity contribution < 1.29 is 12.8 Å². The van der Waals surface area contributed by atoms with Crippen molar-refractivity contribution in [3.63, 3.8) is 0 Å². The molecule has 0 aliphatic rings. The summed E-state index contributed by atoms with van der Waals surface area (Å²) in [5.74, 6) is 0. The number of benzene rings is 1. The van der Waals surface area contributed by atoms with Gasteiger partial charge in [0.05, 0.1) is 11.2 Å². The average molecular weight is 250 g/mol. The molecule has 1 heterocycles. The molecule has 0 fully saturated rings. The average Bonchev–Trinajstić information content (AvgIpc) is 2.29. The van der Waals surface area contributed by atoms with Crippen molar-refractivity contribution in [3.8, 4) is 0 Å². The maximum absolute atomic E-state index is 12.2. The highest BCUT2D eigenvalue weighted by molar-refractivity contribution is 7.91. The molecule has 2 rings (SSSR count). The maximum atomic E-state index is 12.2. The van der Waals surface area contributed by atoms with Crippen LogP contribution >= 0.6 is 0 Å². The SMILES string of the molecule is Cc1ccccc1S(=O)(=O)c1cccoc1=O. The zero-order chi connectivity index (χ0) is 12.5. The van der Waals surface area contributed by atoms with Gasteiger partial charge < -0.3 is 4.42 Å². The molecule has 0 amide bonds. The summed E-state index contributed by atoms with van der Waals surface area (Å²) in [7, 11) is -3.81. The summed E-state index contributed by atoms with van der Waals surface area (Å²) < 4.78 is 29.0. The lowest BCUT2D eigenvalue weighted by atomic mass is 10.2. The minimum absolute atomic E-state index is 0.124. The van der Waals surface area contributed by atoms with Gasteiger partial charge >= 0.3 is 5.63 Å². The first kappa shape index (κ1) is 11.6. The second-order valence-corrected chi connectivity index (χ2v) is 5.42. The van der Waals surface area contributed by atoms with Gasteiger partial charge in [0.1, 0.15) is 0 Å². The zero-order valence-electron chi connectivity index (χ0n) is 9.08. The highest BCUT2D eigenvalue weighted by Crippen LogP contribution is 2.20. The number of hydrogen-bond donors (Lipinski definition) is 0. The quantitative estimate of drug-likeness (QED) is 0.815. The lowest BCUT2D eigenvalue weighted by molar-refractivity contribution is 0.488. The van der Waals surface area contributed by atoms with Crippen LogP contribution in [0, 0.1) is 6.92 Å². The first-order chi connectivity index (χ1) is 8.03. The maximum Gasteiger partial charge on any atom is 0.354 e. The first-order valence-corrected chi connectivity index (χ1v) is 6.40. The topological polar surface area (TPSA) is 64.3 Å². The third kappa shape index (κ3) is 2.01. The molecule has 1 aromatic carbocycles. The minimum Gasteiger partial charge on any atom is -0.430 e. The lowest BCUT2D eigenvalue weighted by Gasteiger charge is -2.05. The molecule has 0 radical (unpaired) electrons. The summed E-state index contributed by atoms with van der Waals surface area (Å²) in [4.78, 5) is 11.2. The second kappa shape index (κ2) is 4.18. The van der Waals surface area contributed by atoms with Crippen molar-refractivity contribution in [3.05, 3.63) is 58.6 Å². The minimum atomic E-state index is -3.81. The second-order valence-electron chi connectivity index (χ2n) is 3.53.